The molecule has 0 aliphatic heterocycles. The molecule has 2 N–H and O–H groups in total. The maximum atomic E-state index is 5.47. The normalized spacial score (nSPS) is 11.4. The van der Waals surface area contributed by atoms with Gasteiger partial charge in [0.1, 0.15) is 0 Å². The minimum Gasteiger partial charge on any atom is -0.282 e. The van der Waals surface area contributed by atoms with Crippen molar-refractivity contribution in [3.05, 3.63) is 0 Å². The van der Waals surface area contributed by atoms with Gasteiger partial charge in [-0.05, 0) is 20.3 Å². The summed E-state index contributed by atoms with van der Waals surface area (Å²) in [6.07, 6.45) is 2.42. The summed E-state index contributed by atoms with van der Waals surface area (Å²) >= 11 is 0. The van der Waals surface area contributed by atoms with Crippen molar-refractivity contribution in [1.29, 1.82) is 0 Å². The van der Waals surface area contributed by atoms with E-state index in [2.05, 4.69) is 6.92 Å². The lowest BCUT2D eigenvalue weighted by molar-refractivity contribution is -0.190. The summed E-state index contributed by atoms with van der Waals surface area (Å²) in [7, 11) is 0. The van der Waals surface area contributed by atoms with Crippen molar-refractivity contribution >= 4 is 0 Å². The average Bonchev–Trinajstić information content (AvgIpc) is 1.82. The van der Waals surface area contributed by atoms with Crippen LogP contribution in [0.15, 0.2) is 0 Å². The van der Waals surface area contributed by atoms with Gasteiger partial charge in [-0.15, -0.1) is 5.17 Å². The molecule has 62 valence electrons. The first-order valence-electron chi connectivity index (χ1n) is 3.85. The predicted molar refractivity (Wildman–Crippen MR) is 42.0 cm³/mol. The van der Waals surface area contributed by atoms with Crippen molar-refractivity contribution in [2.75, 3.05) is 6.54 Å². The Balaban J connectivity index is 3.16. The van der Waals surface area contributed by atoms with Crippen molar-refractivity contribution in [3.8, 4) is 0 Å². The van der Waals surface area contributed by atoms with Crippen molar-refractivity contribution in [3.63, 3.8) is 0 Å². The number of nitrogens with zero attached hydrogens (tertiary/aromatic N) is 1. The van der Waals surface area contributed by atoms with E-state index in [1.54, 1.807) is 0 Å². The summed E-state index contributed by atoms with van der Waals surface area (Å²) in [5.41, 5.74) is 0. The lowest BCUT2D eigenvalue weighted by atomic mass is 10.3. The van der Waals surface area contributed by atoms with Crippen LogP contribution in [-0.2, 0) is 4.84 Å². The van der Waals surface area contributed by atoms with Crippen LogP contribution in [-0.4, -0.2) is 17.8 Å². The molecule has 0 aromatic rings. The van der Waals surface area contributed by atoms with E-state index in [-0.39, 0.29) is 6.10 Å². The molecule has 0 saturated carbocycles. The fraction of sp³-hybridized carbons (Fsp3) is 1.00. The van der Waals surface area contributed by atoms with Gasteiger partial charge >= 0.3 is 0 Å². The van der Waals surface area contributed by atoms with Crippen molar-refractivity contribution < 1.29 is 4.84 Å². The number of hydrazine groups is 1. The van der Waals surface area contributed by atoms with Crippen LogP contribution in [0.4, 0.5) is 0 Å². The molecule has 0 atom stereocenters. The van der Waals surface area contributed by atoms with Gasteiger partial charge in [-0.25, -0.2) is 5.84 Å². The molecule has 0 radical (unpaired) electrons. The molecule has 0 spiro atoms. The zero-order chi connectivity index (χ0) is 7.98. The second-order valence-corrected chi connectivity index (χ2v) is 2.65. The van der Waals surface area contributed by atoms with Gasteiger partial charge in [0, 0.05) is 6.54 Å². The van der Waals surface area contributed by atoms with Crippen LogP contribution in [0.1, 0.15) is 33.6 Å². The van der Waals surface area contributed by atoms with Gasteiger partial charge < -0.3 is 0 Å². The molecule has 3 heteroatoms. The Morgan fingerprint density at radius 3 is 2.50 bits per heavy atom. The van der Waals surface area contributed by atoms with E-state index in [0.717, 1.165) is 19.4 Å². The van der Waals surface area contributed by atoms with Crippen LogP contribution in [0.3, 0.4) is 0 Å². The van der Waals surface area contributed by atoms with Crippen molar-refractivity contribution in [2.45, 2.75) is 39.7 Å². The van der Waals surface area contributed by atoms with E-state index < -0.39 is 0 Å². The molecule has 10 heavy (non-hydrogen) atoms. The summed E-state index contributed by atoms with van der Waals surface area (Å²) in [6, 6.07) is 0. The Hall–Kier alpha value is -0.120. The smallest absolute Gasteiger partial charge is 0.0753 e. The zero-order valence-electron chi connectivity index (χ0n) is 7.13. The van der Waals surface area contributed by atoms with Crippen LogP contribution < -0.4 is 5.84 Å². The highest BCUT2D eigenvalue weighted by Crippen LogP contribution is 1.93. The number of rotatable bonds is 5. The van der Waals surface area contributed by atoms with E-state index >= 15 is 0 Å². The number of unbranched alkanes of at least 4 members (excludes halogenated alkanes) is 1. The van der Waals surface area contributed by atoms with Gasteiger partial charge in [0.2, 0.25) is 0 Å². The molecule has 0 amide bonds. The van der Waals surface area contributed by atoms with Crippen LogP contribution in [0.25, 0.3) is 0 Å². The Kier molecular flexibility index (Phi) is 5.58. The van der Waals surface area contributed by atoms with Crippen molar-refractivity contribution in [1.82, 2.24) is 5.17 Å². The molecule has 0 saturated heterocycles. The minimum absolute atomic E-state index is 0.182. The fourth-order valence-electron chi connectivity index (χ4n) is 0.637. The molecule has 0 bridgehead atoms. The molecule has 0 heterocycles. The molecular formula is C7H18N2O. The number of hydroxylamine groups is 1. The van der Waals surface area contributed by atoms with Crippen LogP contribution in [0.5, 0.6) is 0 Å². The highest BCUT2D eigenvalue weighted by atomic mass is 16.7. The van der Waals surface area contributed by atoms with Crippen LogP contribution in [0, 0.1) is 0 Å². The molecule has 0 fully saturated rings. The summed E-state index contributed by atoms with van der Waals surface area (Å²) in [5.74, 6) is 5.47. The van der Waals surface area contributed by atoms with Gasteiger partial charge in [-0.1, -0.05) is 13.3 Å². The Morgan fingerprint density at radius 1 is 1.50 bits per heavy atom. The van der Waals surface area contributed by atoms with Gasteiger partial charge in [-0.2, -0.15) is 0 Å². The Labute approximate surface area is 63.1 Å². The minimum atomic E-state index is 0.182. The summed E-state index contributed by atoms with van der Waals surface area (Å²) < 4.78 is 0. The van der Waals surface area contributed by atoms with Gasteiger partial charge in [0.15, 0.2) is 0 Å². The van der Waals surface area contributed by atoms with Crippen LogP contribution in [0.2, 0.25) is 0 Å². The van der Waals surface area contributed by atoms with E-state index in [4.69, 9.17) is 10.7 Å². The third kappa shape index (κ3) is 6.01. The third-order valence-electron chi connectivity index (χ3n) is 1.08. The lowest BCUT2D eigenvalue weighted by Crippen LogP contribution is -2.34. The summed E-state index contributed by atoms with van der Waals surface area (Å²) in [4.78, 5) is 5.16. The first-order valence-corrected chi connectivity index (χ1v) is 3.85. The number of hydrogen-bond acceptors (Lipinski definition) is 3. The average molecular weight is 146 g/mol. The quantitative estimate of drug-likeness (QED) is 0.469. The number of hydrogen-bond donors (Lipinski definition) is 1. The molecule has 0 aliphatic carbocycles. The SMILES string of the molecule is CCCCN(N)OC(C)C. The van der Waals surface area contributed by atoms with Gasteiger partial charge in [-0.3, -0.25) is 4.84 Å². The maximum Gasteiger partial charge on any atom is 0.0753 e. The Morgan fingerprint density at radius 2 is 2.10 bits per heavy atom. The molecular weight excluding hydrogens is 128 g/mol. The lowest BCUT2D eigenvalue weighted by Gasteiger charge is -2.17. The zero-order valence-corrected chi connectivity index (χ0v) is 7.13. The monoisotopic (exact) mass is 146 g/mol. The highest BCUT2D eigenvalue weighted by Gasteiger charge is 1.99. The summed E-state index contributed by atoms with van der Waals surface area (Å²) in [6.45, 7) is 6.87. The third-order valence-corrected chi connectivity index (χ3v) is 1.08. The Bertz CT molecular complexity index is 76.0. The maximum absolute atomic E-state index is 5.47. The van der Waals surface area contributed by atoms with E-state index in [9.17, 15) is 0 Å². The molecule has 0 aromatic carbocycles. The van der Waals surface area contributed by atoms with Gasteiger partial charge in [0.25, 0.3) is 0 Å². The summed E-state index contributed by atoms with van der Waals surface area (Å²) in [5, 5.41) is 1.41. The van der Waals surface area contributed by atoms with Gasteiger partial charge in [0.05, 0.1) is 6.10 Å². The van der Waals surface area contributed by atoms with E-state index in [1.165, 1.54) is 5.17 Å². The second kappa shape index (κ2) is 5.65. The molecule has 0 aromatic heterocycles. The van der Waals surface area contributed by atoms with Crippen LogP contribution >= 0.6 is 0 Å². The topological polar surface area (TPSA) is 38.5 Å². The highest BCUT2D eigenvalue weighted by molar-refractivity contribution is 4.37. The standard InChI is InChI=1S/C7H18N2O/c1-4-5-6-9(8)10-7(2)3/h7H,4-6,8H2,1-3H3. The largest absolute Gasteiger partial charge is 0.282 e. The molecule has 0 rings (SSSR count). The second-order valence-electron chi connectivity index (χ2n) is 2.65. The predicted octanol–water partition coefficient (Wildman–Crippen LogP) is 1.30. The number of nitrogens with two attached hydrogens (primary N) is 1. The fourth-order valence-corrected chi connectivity index (χ4v) is 0.637. The first kappa shape index (κ1) is 9.88. The first-order chi connectivity index (χ1) is 4.66. The molecule has 0 aliphatic rings. The van der Waals surface area contributed by atoms with E-state index in [0.29, 0.717) is 0 Å². The van der Waals surface area contributed by atoms with Crippen molar-refractivity contribution in [2.24, 2.45) is 5.84 Å². The van der Waals surface area contributed by atoms with E-state index in [1.807, 2.05) is 13.8 Å². The molecule has 0 unspecified atom stereocenters. The molecule has 3 nitrogen and oxygen atoms in total.